The normalized spacial score (nSPS) is 16.5. The average Bonchev–Trinajstić information content (AvgIpc) is 3.86. The van der Waals surface area contributed by atoms with Crippen LogP contribution in [0.15, 0.2) is 112 Å². The maximum Gasteiger partial charge on any atom is -0.0193 e. The molecule has 6 aromatic rings. The number of aromatic nitrogens is 3. The summed E-state index contributed by atoms with van der Waals surface area (Å²) in [4.78, 5) is 19.8. The van der Waals surface area contributed by atoms with Crippen molar-refractivity contribution in [1.82, 2.24) is 14.4 Å². The van der Waals surface area contributed by atoms with Gasteiger partial charge in [0.2, 0.25) is 0 Å². The molecular formula is C35H30AsN7O3S. The number of oxazole rings is 1. The van der Waals surface area contributed by atoms with E-state index in [0.29, 0.717) is 11.8 Å². The van der Waals surface area contributed by atoms with Gasteiger partial charge in [-0.2, -0.15) is 0 Å². The van der Waals surface area contributed by atoms with E-state index in [1.165, 1.54) is 5.69 Å². The maximum absolute atomic E-state index is 6.05. The van der Waals surface area contributed by atoms with E-state index in [9.17, 15) is 0 Å². The Labute approximate surface area is 284 Å². The Balaban J connectivity index is 1.11. The fourth-order valence-corrected chi connectivity index (χ4v) is 7.35. The zero-order chi connectivity index (χ0) is 31.7. The minimum atomic E-state index is -0.144. The van der Waals surface area contributed by atoms with Gasteiger partial charge in [-0.1, -0.05) is 0 Å². The number of hydrogen-bond donors (Lipinski definition) is 1. The van der Waals surface area contributed by atoms with Crippen molar-refractivity contribution in [1.29, 1.82) is 0 Å². The van der Waals surface area contributed by atoms with Crippen LogP contribution in [-0.2, 0) is 4.74 Å². The van der Waals surface area contributed by atoms with E-state index in [1.807, 2.05) is 42.6 Å². The van der Waals surface area contributed by atoms with Crippen LogP contribution in [0, 0.1) is 0 Å². The van der Waals surface area contributed by atoms with E-state index in [2.05, 4.69) is 100 Å². The standard InChI is InChI=1S/C35H30AsN7O3S/c1-44-28-11-5-23(6-12-28)30-22-38-34(46-30)39-25-4-2-3-24(21-25)31-32(42-17-20-47-35(42)40-31)29-13-14-37-33(36)43(29)27-9-7-26(8-10-27)41-15-18-45-19-16-41/h2-14,17,20-22,29H,15-16,18-19H2,1H3,(H,38,39). The fourth-order valence-electron chi connectivity index (χ4n) is 5.99. The van der Waals surface area contributed by atoms with Crippen molar-refractivity contribution in [3.05, 3.63) is 109 Å². The van der Waals surface area contributed by atoms with Crippen LogP contribution in [0.25, 0.3) is 27.5 Å². The Morgan fingerprint density at radius 2 is 1.79 bits per heavy atom. The van der Waals surface area contributed by atoms with Gasteiger partial charge < -0.3 is 4.74 Å². The fraction of sp³-hybridized carbons (Fsp3) is 0.171. The number of methoxy groups -OCH3 is 1. The van der Waals surface area contributed by atoms with E-state index in [0.717, 1.165) is 75.5 Å². The molecule has 10 nitrogen and oxygen atoms in total. The summed E-state index contributed by atoms with van der Waals surface area (Å²) >= 11 is 4.24. The minimum absolute atomic E-state index is 0.144. The molecule has 1 fully saturated rings. The van der Waals surface area contributed by atoms with Crippen LogP contribution in [-0.4, -0.2) is 69.3 Å². The topological polar surface area (TPSA) is 92.7 Å². The predicted octanol–water partition coefficient (Wildman–Crippen LogP) is 6.91. The van der Waals surface area contributed by atoms with Crippen molar-refractivity contribution in [2.24, 2.45) is 4.99 Å². The third-order valence-electron chi connectivity index (χ3n) is 8.30. The summed E-state index contributed by atoms with van der Waals surface area (Å²) in [5.41, 5.74) is 6.95. The molecule has 0 saturated carbocycles. The number of benzene rings is 3. The molecule has 5 heterocycles. The Hall–Kier alpha value is -4.83. The molecule has 0 amide bonds. The van der Waals surface area contributed by atoms with Gasteiger partial charge in [0, 0.05) is 5.56 Å². The molecular weight excluding hydrogens is 673 g/mol. The number of aliphatic imine (C=N–C) groups is 1. The van der Waals surface area contributed by atoms with Crippen molar-refractivity contribution >= 4 is 60.9 Å². The summed E-state index contributed by atoms with van der Waals surface area (Å²) in [6, 6.07) is 24.9. The Morgan fingerprint density at radius 3 is 2.60 bits per heavy atom. The van der Waals surface area contributed by atoms with Crippen molar-refractivity contribution < 1.29 is 13.9 Å². The molecule has 0 aliphatic carbocycles. The second-order valence-electron chi connectivity index (χ2n) is 11.1. The number of morpholine rings is 1. The summed E-state index contributed by atoms with van der Waals surface area (Å²) in [6.07, 6.45) is 7.82. The molecule has 2 radical (unpaired) electrons. The first-order valence-corrected chi connectivity index (χ1v) is 17.0. The van der Waals surface area contributed by atoms with Crippen molar-refractivity contribution in [3.8, 4) is 28.3 Å². The number of hydrogen-bond acceptors (Lipinski definition) is 10. The molecule has 0 spiro atoms. The monoisotopic (exact) mass is 703 g/mol. The number of nitrogens with one attached hydrogen (secondary N) is 1. The molecule has 12 heteroatoms. The average molecular weight is 704 g/mol. The van der Waals surface area contributed by atoms with Crippen LogP contribution < -0.4 is 19.9 Å². The van der Waals surface area contributed by atoms with Gasteiger partial charge in [0.05, 0.1) is 7.11 Å². The van der Waals surface area contributed by atoms with E-state index < -0.39 is 0 Å². The molecule has 47 heavy (non-hydrogen) atoms. The van der Waals surface area contributed by atoms with Gasteiger partial charge in [0.1, 0.15) is 5.75 Å². The summed E-state index contributed by atoms with van der Waals surface area (Å²) < 4.78 is 19.9. The largest absolute Gasteiger partial charge is 0.0475 e. The maximum atomic E-state index is 6.05. The van der Waals surface area contributed by atoms with Gasteiger partial charge in [0.25, 0.3) is 0 Å². The quantitative estimate of drug-likeness (QED) is 0.171. The number of anilines is 4. The number of rotatable bonds is 8. The Bertz CT molecular complexity index is 2080. The van der Waals surface area contributed by atoms with E-state index >= 15 is 0 Å². The number of thiazole rings is 1. The molecule has 234 valence electrons. The van der Waals surface area contributed by atoms with Gasteiger partial charge in [0.15, 0.2) is 0 Å². The Morgan fingerprint density at radius 1 is 0.979 bits per heavy atom. The first kappa shape index (κ1) is 29.6. The smallest absolute Gasteiger partial charge is 0.0193 e. The van der Waals surface area contributed by atoms with Crippen molar-refractivity contribution in [2.45, 2.75) is 6.04 Å². The summed E-state index contributed by atoms with van der Waals surface area (Å²) in [5, 5.41) is 5.41. The first-order valence-electron chi connectivity index (χ1n) is 15.2. The molecule has 2 aliphatic heterocycles. The van der Waals surface area contributed by atoms with Crippen LogP contribution in [0.3, 0.4) is 0 Å². The van der Waals surface area contributed by atoms with E-state index in [1.54, 1.807) is 24.6 Å². The second-order valence-corrected chi connectivity index (χ2v) is 12.8. The Kier molecular flexibility index (Phi) is 8.02. The second kappa shape index (κ2) is 12.8. The minimum Gasteiger partial charge on any atom is -0.0475 e. The third kappa shape index (κ3) is 5.82. The predicted molar refractivity (Wildman–Crippen MR) is 187 cm³/mol. The van der Waals surface area contributed by atoms with Crippen molar-refractivity contribution in [2.75, 3.05) is 48.5 Å². The van der Waals surface area contributed by atoms with E-state index in [-0.39, 0.29) is 6.04 Å². The number of imidazole rings is 1. The van der Waals surface area contributed by atoms with Gasteiger partial charge in [-0.05, 0) is 24.3 Å². The molecule has 8 rings (SSSR count). The van der Waals surface area contributed by atoms with Gasteiger partial charge in [-0.25, -0.2) is 0 Å². The third-order valence-corrected chi connectivity index (χ3v) is 9.75. The van der Waals surface area contributed by atoms with Crippen molar-refractivity contribution in [3.63, 3.8) is 0 Å². The zero-order valence-electron chi connectivity index (χ0n) is 25.5. The number of nitrogens with zero attached hydrogens (tertiary/aromatic N) is 6. The van der Waals surface area contributed by atoms with Crippen LogP contribution in [0.4, 0.5) is 23.1 Å². The van der Waals surface area contributed by atoms with Crippen LogP contribution >= 0.6 is 11.3 Å². The van der Waals surface area contributed by atoms with Crippen LogP contribution in [0.5, 0.6) is 5.75 Å². The zero-order valence-corrected chi connectivity index (χ0v) is 28.2. The molecule has 3 aromatic heterocycles. The number of ether oxygens (including phenoxy) is 2. The van der Waals surface area contributed by atoms with Crippen LogP contribution in [0.2, 0.25) is 0 Å². The van der Waals surface area contributed by atoms with Gasteiger partial charge >= 0.3 is 238 Å². The summed E-state index contributed by atoms with van der Waals surface area (Å²) in [7, 11) is 1.65. The summed E-state index contributed by atoms with van der Waals surface area (Å²) in [5.74, 6) is 1.46. The number of amidine groups is 1. The SMILES string of the molecule is COc1ccc(-c2cnc(Nc3cccc(-c4nc5sccn5c4C4C=CN=C([As])N4c4ccc(N5CCOCC5)cc4)c3)o2)cc1. The molecule has 3 aromatic carbocycles. The van der Waals surface area contributed by atoms with Gasteiger partial charge in [-0.15, -0.1) is 0 Å². The van der Waals surface area contributed by atoms with Gasteiger partial charge in [-0.3, -0.25) is 0 Å². The van der Waals surface area contributed by atoms with E-state index in [4.69, 9.17) is 18.9 Å². The molecule has 1 atom stereocenters. The molecule has 1 saturated heterocycles. The first-order chi connectivity index (χ1) is 23.1. The molecule has 0 bridgehead atoms. The molecule has 1 unspecified atom stereocenters. The van der Waals surface area contributed by atoms with Crippen LogP contribution in [0.1, 0.15) is 11.7 Å². The molecule has 1 N–H and O–H groups in total. The summed E-state index contributed by atoms with van der Waals surface area (Å²) in [6.45, 7) is 3.30. The number of fused-ring (bicyclic) bond motifs is 1. The molecule has 2 aliphatic rings.